The van der Waals surface area contributed by atoms with Crippen molar-refractivity contribution < 1.29 is 0 Å². The van der Waals surface area contributed by atoms with Crippen LogP contribution in [0.25, 0.3) is 16.6 Å². The lowest BCUT2D eigenvalue weighted by molar-refractivity contribution is 0.962. The van der Waals surface area contributed by atoms with E-state index in [-0.39, 0.29) is 5.56 Å². The quantitative estimate of drug-likeness (QED) is 0.642. The van der Waals surface area contributed by atoms with E-state index in [4.69, 9.17) is 0 Å². The SMILES string of the molecule is O=c1c2ccc(Br)cc2ncn1-c1ccc(Br)cc1. The molecule has 0 N–H and O–H groups in total. The van der Waals surface area contributed by atoms with E-state index >= 15 is 0 Å². The van der Waals surface area contributed by atoms with Crippen LogP contribution in [0.2, 0.25) is 0 Å². The second kappa shape index (κ2) is 4.90. The van der Waals surface area contributed by atoms with E-state index < -0.39 is 0 Å². The predicted octanol–water partition coefficient (Wildman–Crippen LogP) is 3.91. The average molecular weight is 380 g/mol. The van der Waals surface area contributed by atoms with Crippen molar-refractivity contribution in [3.8, 4) is 5.69 Å². The number of fused-ring (bicyclic) bond motifs is 1. The summed E-state index contributed by atoms with van der Waals surface area (Å²) >= 11 is 6.75. The lowest BCUT2D eigenvalue weighted by Gasteiger charge is -2.06. The number of rotatable bonds is 1. The summed E-state index contributed by atoms with van der Waals surface area (Å²) in [4.78, 5) is 16.7. The van der Waals surface area contributed by atoms with Crippen molar-refractivity contribution in [3.63, 3.8) is 0 Å². The maximum Gasteiger partial charge on any atom is 0.265 e. The Bertz CT molecular complexity index is 810. The Morgan fingerprint density at radius 3 is 2.37 bits per heavy atom. The van der Waals surface area contributed by atoms with Gasteiger partial charge in [-0.25, -0.2) is 4.98 Å². The van der Waals surface area contributed by atoms with Gasteiger partial charge in [0.05, 0.1) is 16.6 Å². The van der Waals surface area contributed by atoms with Crippen LogP contribution in [0.15, 0.2) is 62.5 Å². The second-order valence-corrected chi connectivity index (χ2v) is 5.89. The van der Waals surface area contributed by atoms with Gasteiger partial charge in [0.2, 0.25) is 0 Å². The molecule has 94 valence electrons. The molecule has 0 amide bonds. The van der Waals surface area contributed by atoms with E-state index in [2.05, 4.69) is 36.8 Å². The third-order valence-corrected chi connectivity index (χ3v) is 3.85. The highest BCUT2D eigenvalue weighted by atomic mass is 79.9. The van der Waals surface area contributed by atoms with Gasteiger partial charge < -0.3 is 0 Å². The fourth-order valence-corrected chi connectivity index (χ4v) is 2.49. The van der Waals surface area contributed by atoms with Crippen molar-refractivity contribution in [2.45, 2.75) is 0 Å². The molecule has 0 radical (unpaired) electrons. The van der Waals surface area contributed by atoms with Crippen LogP contribution in [0.3, 0.4) is 0 Å². The van der Waals surface area contributed by atoms with Crippen molar-refractivity contribution >= 4 is 42.8 Å². The van der Waals surface area contributed by atoms with E-state index in [1.54, 1.807) is 17.0 Å². The highest BCUT2D eigenvalue weighted by Gasteiger charge is 2.06. The van der Waals surface area contributed by atoms with E-state index in [0.717, 1.165) is 14.6 Å². The van der Waals surface area contributed by atoms with E-state index in [1.165, 1.54) is 0 Å². The Kier molecular flexibility index (Phi) is 3.24. The monoisotopic (exact) mass is 378 g/mol. The minimum absolute atomic E-state index is 0.0696. The third-order valence-electron chi connectivity index (χ3n) is 2.83. The van der Waals surface area contributed by atoms with Gasteiger partial charge in [0, 0.05) is 8.95 Å². The number of hydrogen-bond acceptors (Lipinski definition) is 2. The van der Waals surface area contributed by atoms with E-state index in [9.17, 15) is 4.79 Å². The molecule has 5 heteroatoms. The summed E-state index contributed by atoms with van der Waals surface area (Å²) in [5.74, 6) is 0. The Morgan fingerprint density at radius 1 is 0.947 bits per heavy atom. The zero-order valence-electron chi connectivity index (χ0n) is 9.68. The van der Waals surface area contributed by atoms with Crippen LogP contribution in [0.1, 0.15) is 0 Å². The van der Waals surface area contributed by atoms with Crippen molar-refractivity contribution in [3.05, 3.63) is 68.1 Å². The smallest absolute Gasteiger partial charge is 0.265 e. The van der Waals surface area contributed by atoms with Crippen molar-refractivity contribution in [2.24, 2.45) is 0 Å². The first-order valence-electron chi connectivity index (χ1n) is 5.58. The summed E-state index contributed by atoms with van der Waals surface area (Å²) < 4.78 is 3.43. The molecule has 0 aliphatic heterocycles. The van der Waals surface area contributed by atoms with Gasteiger partial charge in [-0.15, -0.1) is 0 Å². The van der Waals surface area contributed by atoms with Gasteiger partial charge in [0.1, 0.15) is 6.33 Å². The molecule has 3 aromatic rings. The lowest BCUT2D eigenvalue weighted by atomic mass is 10.2. The van der Waals surface area contributed by atoms with Crippen LogP contribution >= 0.6 is 31.9 Å². The molecular weight excluding hydrogens is 372 g/mol. The molecule has 0 aliphatic carbocycles. The van der Waals surface area contributed by atoms with Crippen molar-refractivity contribution in [1.29, 1.82) is 0 Å². The number of hydrogen-bond donors (Lipinski definition) is 0. The lowest BCUT2D eigenvalue weighted by Crippen LogP contribution is -2.18. The Hall–Kier alpha value is -1.46. The van der Waals surface area contributed by atoms with Gasteiger partial charge in [0.25, 0.3) is 5.56 Å². The van der Waals surface area contributed by atoms with Crippen LogP contribution < -0.4 is 5.56 Å². The van der Waals surface area contributed by atoms with Gasteiger partial charge in [-0.1, -0.05) is 31.9 Å². The summed E-state index contributed by atoms with van der Waals surface area (Å²) in [6.07, 6.45) is 1.56. The Balaban J connectivity index is 2.26. The summed E-state index contributed by atoms with van der Waals surface area (Å²) in [5, 5.41) is 0.605. The van der Waals surface area contributed by atoms with Gasteiger partial charge in [-0.05, 0) is 42.5 Å². The van der Waals surface area contributed by atoms with Crippen LogP contribution in [0.5, 0.6) is 0 Å². The second-order valence-electron chi connectivity index (χ2n) is 4.06. The molecule has 1 heterocycles. The minimum Gasteiger partial charge on any atom is -0.268 e. The molecular formula is C14H8Br2N2O. The van der Waals surface area contributed by atoms with E-state index in [0.29, 0.717) is 10.9 Å². The molecule has 19 heavy (non-hydrogen) atoms. The van der Waals surface area contributed by atoms with Crippen LogP contribution in [0, 0.1) is 0 Å². The van der Waals surface area contributed by atoms with E-state index in [1.807, 2.05) is 36.4 Å². The maximum atomic E-state index is 12.4. The molecule has 1 aromatic heterocycles. The summed E-state index contributed by atoms with van der Waals surface area (Å²) in [6.45, 7) is 0. The number of nitrogens with zero attached hydrogens (tertiary/aromatic N) is 2. The topological polar surface area (TPSA) is 34.9 Å². The fourth-order valence-electron chi connectivity index (χ4n) is 1.88. The van der Waals surface area contributed by atoms with Crippen molar-refractivity contribution in [2.75, 3.05) is 0 Å². The largest absolute Gasteiger partial charge is 0.268 e. The van der Waals surface area contributed by atoms with Gasteiger partial charge in [0.15, 0.2) is 0 Å². The zero-order valence-corrected chi connectivity index (χ0v) is 12.8. The normalized spacial score (nSPS) is 10.8. The zero-order chi connectivity index (χ0) is 13.4. The Morgan fingerprint density at radius 2 is 1.63 bits per heavy atom. The molecule has 3 nitrogen and oxygen atoms in total. The molecule has 0 saturated carbocycles. The fraction of sp³-hybridized carbons (Fsp3) is 0. The summed E-state index contributed by atoms with van der Waals surface area (Å²) in [5.41, 5.74) is 1.41. The highest BCUT2D eigenvalue weighted by molar-refractivity contribution is 9.10. The van der Waals surface area contributed by atoms with Gasteiger partial charge in [-0.3, -0.25) is 9.36 Å². The van der Waals surface area contributed by atoms with Crippen LogP contribution in [-0.4, -0.2) is 9.55 Å². The predicted molar refractivity (Wildman–Crippen MR) is 82.7 cm³/mol. The molecule has 0 aliphatic rings. The molecule has 0 bridgehead atoms. The minimum atomic E-state index is -0.0696. The van der Waals surface area contributed by atoms with Gasteiger partial charge >= 0.3 is 0 Å². The maximum absolute atomic E-state index is 12.4. The molecule has 0 spiro atoms. The standard InChI is InChI=1S/C14H8Br2N2O/c15-9-1-4-11(5-2-9)18-8-17-13-7-10(16)3-6-12(13)14(18)19/h1-8H. The highest BCUT2D eigenvalue weighted by Crippen LogP contribution is 2.17. The first-order chi connectivity index (χ1) is 9.15. The summed E-state index contributed by atoms with van der Waals surface area (Å²) in [7, 11) is 0. The molecule has 0 saturated heterocycles. The molecule has 2 aromatic carbocycles. The number of benzene rings is 2. The molecule has 3 rings (SSSR count). The third kappa shape index (κ3) is 2.35. The number of halogens is 2. The Labute approximate surface area is 126 Å². The number of aromatic nitrogens is 2. The first kappa shape index (κ1) is 12.6. The molecule has 0 unspecified atom stereocenters. The van der Waals surface area contributed by atoms with Crippen LogP contribution in [-0.2, 0) is 0 Å². The molecule has 0 atom stereocenters. The average Bonchev–Trinajstić information content (AvgIpc) is 2.40. The van der Waals surface area contributed by atoms with Crippen LogP contribution in [0.4, 0.5) is 0 Å². The van der Waals surface area contributed by atoms with Gasteiger partial charge in [-0.2, -0.15) is 0 Å². The summed E-state index contributed by atoms with van der Waals surface area (Å²) in [6, 6.07) is 13.0. The molecule has 0 fully saturated rings. The first-order valence-corrected chi connectivity index (χ1v) is 7.16. The van der Waals surface area contributed by atoms with Crippen molar-refractivity contribution in [1.82, 2.24) is 9.55 Å².